The molecule has 1 aromatic heterocycles. The number of aromatic nitrogens is 1. The predicted molar refractivity (Wildman–Crippen MR) is 79.6 cm³/mol. The van der Waals surface area contributed by atoms with Crippen LogP contribution in [0.5, 0.6) is 0 Å². The van der Waals surface area contributed by atoms with Gasteiger partial charge in [-0.15, -0.1) is 0 Å². The Kier molecular flexibility index (Phi) is 3.49. The van der Waals surface area contributed by atoms with Gasteiger partial charge < -0.3 is 5.32 Å². The molecule has 1 aliphatic rings. The van der Waals surface area contributed by atoms with Gasteiger partial charge in [-0.1, -0.05) is 30.3 Å². The molecule has 2 heteroatoms. The van der Waals surface area contributed by atoms with Crippen molar-refractivity contribution < 1.29 is 0 Å². The number of hydrogen-bond donors (Lipinski definition) is 1. The average Bonchev–Trinajstić information content (AvgIpc) is 2.88. The number of pyridine rings is 1. The van der Waals surface area contributed by atoms with Crippen molar-refractivity contribution in [1.82, 2.24) is 4.98 Å². The molecule has 2 aromatic rings. The van der Waals surface area contributed by atoms with Gasteiger partial charge in [-0.05, 0) is 55.4 Å². The number of benzene rings is 1. The topological polar surface area (TPSA) is 24.9 Å². The van der Waals surface area contributed by atoms with E-state index in [0.717, 1.165) is 25.2 Å². The van der Waals surface area contributed by atoms with Gasteiger partial charge in [0, 0.05) is 12.2 Å². The Morgan fingerprint density at radius 3 is 2.89 bits per heavy atom. The first kappa shape index (κ1) is 12.2. The number of hydrogen-bond acceptors (Lipinski definition) is 2. The van der Waals surface area contributed by atoms with Crippen LogP contribution in [0, 0.1) is 6.92 Å². The minimum absolute atomic E-state index is 0.941. The normalized spacial score (nSPS) is 13.3. The van der Waals surface area contributed by atoms with Gasteiger partial charge in [0.05, 0.1) is 0 Å². The van der Waals surface area contributed by atoms with Crippen LogP contribution in [0.1, 0.15) is 28.8 Å². The number of aryl methyl sites for hydroxylation is 3. The molecule has 0 spiro atoms. The maximum atomic E-state index is 4.70. The third kappa shape index (κ3) is 2.78. The van der Waals surface area contributed by atoms with Crippen molar-refractivity contribution >= 4 is 5.82 Å². The Morgan fingerprint density at radius 2 is 2.00 bits per heavy atom. The fourth-order valence-electron chi connectivity index (χ4n) is 2.73. The Labute approximate surface area is 114 Å². The molecule has 0 fully saturated rings. The van der Waals surface area contributed by atoms with Gasteiger partial charge in [0.15, 0.2) is 0 Å². The van der Waals surface area contributed by atoms with Gasteiger partial charge in [-0.3, -0.25) is 0 Å². The smallest absolute Gasteiger partial charge is 0.126 e. The Balaban J connectivity index is 1.59. The van der Waals surface area contributed by atoms with Crippen LogP contribution in [0.25, 0.3) is 0 Å². The Morgan fingerprint density at radius 1 is 1.11 bits per heavy atom. The molecule has 0 amide bonds. The SMILES string of the molecule is Cc1ccccc1CCNc1ccc2c(n1)CCC2. The maximum Gasteiger partial charge on any atom is 0.126 e. The molecule has 0 saturated carbocycles. The molecule has 0 atom stereocenters. The summed E-state index contributed by atoms with van der Waals surface area (Å²) in [6, 6.07) is 12.9. The Hall–Kier alpha value is -1.83. The second kappa shape index (κ2) is 5.43. The van der Waals surface area contributed by atoms with Gasteiger partial charge in [0.1, 0.15) is 5.82 Å². The number of rotatable bonds is 4. The third-order valence-electron chi connectivity index (χ3n) is 3.89. The predicted octanol–water partition coefficient (Wildman–Crippen LogP) is 3.53. The van der Waals surface area contributed by atoms with Gasteiger partial charge in [0.25, 0.3) is 0 Å². The van der Waals surface area contributed by atoms with E-state index in [1.165, 1.54) is 35.2 Å². The summed E-state index contributed by atoms with van der Waals surface area (Å²) in [5, 5.41) is 3.44. The summed E-state index contributed by atoms with van der Waals surface area (Å²) in [7, 11) is 0. The molecule has 1 heterocycles. The van der Waals surface area contributed by atoms with Crippen LogP contribution in [-0.2, 0) is 19.3 Å². The first-order chi connectivity index (χ1) is 9.33. The first-order valence-corrected chi connectivity index (χ1v) is 7.10. The van der Waals surface area contributed by atoms with Crippen LogP contribution in [0.15, 0.2) is 36.4 Å². The van der Waals surface area contributed by atoms with E-state index in [2.05, 4.69) is 48.6 Å². The number of anilines is 1. The fourth-order valence-corrected chi connectivity index (χ4v) is 2.73. The van der Waals surface area contributed by atoms with Crippen molar-refractivity contribution in [3.8, 4) is 0 Å². The van der Waals surface area contributed by atoms with E-state index in [9.17, 15) is 0 Å². The van der Waals surface area contributed by atoms with Crippen molar-refractivity contribution in [3.05, 3.63) is 58.8 Å². The molecule has 1 aliphatic carbocycles. The summed E-state index contributed by atoms with van der Waals surface area (Å²) in [5.41, 5.74) is 5.51. The van der Waals surface area contributed by atoms with Crippen LogP contribution in [-0.4, -0.2) is 11.5 Å². The molecule has 3 rings (SSSR count). The van der Waals surface area contributed by atoms with Crippen molar-refractivity contribution in [2.45, 2.75) is 32.6 Å². The molecule has 2 nitrogen and oxygen atoms in total. The number of fused-ring (bicyclic) bond motifs is 1. The van der Waals surface area contributed by atoms with Crippen LogP contribution >= 0.6 is 0 Å². The molecule has 0 unspecified atom stereocenters. The highest BCUT2D eigenvalue weighted by molar-refractivity contribution is 5.40. The van der Waals surface area contributed by atoms with Gasteiger partial charge >= 0.3 is 0 Å². The lowest BCUT2D eigenvalue weighted by Crippen LogP contribution is -2.07. The summed E-state index contributed by atoms with van der Waals surface area (Å²) in [6.45, 7) is 3.11. The standard InChI is InChI=1S/C17H20N2/c1-13-5-2-3-6-14(13)11-12-18-17-10-9-15-7-4-8-16(15)19-17/h2-3,5-6,9-10H,4,7-8,11-12H2,1H3,(H,18,19). The molecule has 1 N–H and O–H groups in total. The second-order valence-corrected chi connectivity index (χ2v) is 5.26. The molecule has 19 heavy (non-hydrogen) atoms. The van der Waals surface area contributed by atoms with Crippen molar-refractivity contribution in [2.24, 2.45) is 0 Å². The zero-order chi connectivity index (χ0) is 13.1. The van der Waals surface area contributed by atoms with E-state index in [1.807, 2.05) is 0 Å². The summed E-state index contributed by atoms with van der Waals surface area (Å²) in [6.07, 6.45) is 4.65. The van der Waals surface area contributed by atoms with Crippen molar-refractivity contribution in [3.63, 3.8) is 0 Å². The van der Waals surface area contributed by atoms with E-state index in [0.29, 0.717) is 0 Å². The lowest BCUT2D eigenvalue weighted by atomic mass is 10.1. The third-order valence-corrected chi connectivity index (χ3v) is 3.89. The van der Waals surface area contributed by atoms with Gasteiger partial charge in [-0.25, -0.2) is 4.98 Å². The van der Waals surface area contributed by atoms with E-state index in [-0.39, 0.29) is 0 Å². The van der Waals surface area contributed by atoms with Crippen molar-refractivity contribution in [2.75, 3.05) is 11.9 Å². The largest absolute Gasteiger partial charge is 0.370 e. The monoisotopic (exact) mass is 252 g/mol. The lowest BCUT2D eigenvalue weighted by molar-refractivity contribution is 0.898. The van der Waals surface area contributed by atoms with E-state index in [4.69, 9.17) is 4.98 Å². The minimum Gasteiger partial charge on any atom is -0.370 e. The highest BCUT2D eigenvalue weighted by Gasteiger charge is 2.12. The van der Waals surface area contributed by atoms with Gasteiger partial charge in [0.2, 0.25) is 0 Å². The summed E-state index contributed by atoms with van der Waals surface area (Å²) in [5.74, 6) is 1.02. The van der Waals surface area contributed by atoms with E-state index in [1.54, 1.807) is 0 Å². The van der Waals surface area contributed by atoms with Crippen LogP contribution in [0.2, 0.25) is 0 Å². The van der Waals surface area contributed by atoms with Crippen LogP contribution in [0.4, 0.5) is 5.82 Å². The molecular formula is C17H20N2. The lowest BCUT2D eigenvalue weighted by Gasteiger charge is -2.09. The maximum absolute atomic E-state index is 4.70. The molecule has 0 aliphatic heterocycles. The van der Waals surface area contributed by atoms with Gasteiger partial charge in [-0.2, -0.15) is 0 Å². The molecule has 0 bridgehead atoms. The summed E-state index contributed by atoms with van der Waals surface area (Å²) in [4.78, 5) is 4.70. The molecule has 0 radical (unpaired) electrons. The van der Waals surface area contributed by atoms with Crippen LogP contribution < -0.4 is 5.32 Å². The fraction of sp³-hybridized carbons (Fsp3) is 0.353. The quantitative estimate of drug-likeness (QED) is 0.900. The average molecular weight is 252 g/mol. The van der Waals surface area contributed by atoms with Crippen LogP contribution in [0.3, 0.4) is 0 Å². The Bertz CT molecular complexity index is 575. The highest BCUT2D eigenvalue weighted by atomic mass is 15.0. The van der Waals surface area contributed by atoms with E-state index >= 15 is 0 Å². The second-order valence-electron chi connectivity index (χ2n) is 5.26. The molecular weight excluding hydrogens is 232 g/mol. The molecule has 1 aromatic carbocycles. The zero-order valence-corrected chi connectivity index (χ0v) is 11.4. The minimum atomic E-state index is 0.941. The van der Waals surface area contributed by atoms with Crippen molar-refractivity contribution in [1.29, 1.82) is 0 Å². The highest BCUT2D eigenvalue weighted by Crippen LogP contribution is 2.21. The first-order valence-electron chi connectivity index (χ1n) is 7.10. The molecule has 0 saturated heterocycles. The zero-order valence-electron chi connectivity index (χ0n) is 11.4. The summed E-state index contributed by atoms with van der Waals surface area (Å²) < 4.78 is 0. The molecule has 98 valence electrons. The van der Waals surface area contributed by atoms with E-state index < -0.39 is 0 Å². The summed E-state index contributed by atoms with van der Waals surface area (Å²) >= 11 is 0. The number of nitrogens with one attached hydrogen (secondary N) is 1. The number of nitrogens with zero attached hydrogens (tertiary/aromatic N) is 1.